The molecule has 4 N–H and O–H groups in total. The molecule has 1 amide bonds. The highest BCUT2D eigenvalue weighted by atomic mass is 32.2. The fourth-order valence-electron chi connectivity index (χ4n) is 5.03. The van der Waals surface area contributed by atoms with Gasteiger partial charge in [0, 0.05) is 54.9 Å². The summed E-state index contributed by atoms with van der Waals surface area (Å²) in [5.41, 5.74) is 1.50. The summed E-state index contributed by atoms with van der Waals surface area (Å²) >= 11 is 1.48. The number of aliphatic hydroxyl groups excluding tert-OH is 1. The van der Waals surface area contributed by atoms with Crippen LogP contribution in [0.5, 0.6) is 5.75 Å². The number of anilines is 2. The van der Waals surface area contributed by atoms with Crippen LogP contribution in [0.3, 0.4) is 0 Å². The first-order chi connectivity index (χ1) is 23.9. The monoisotopic (exact) mass is 728 g/mol. The fourth-order valence-corrected chi connectivity index (χ4v) is 6.66. The molecule has 1 saturated carbocycles. The lowest BCUT2D eigenvalue weighted by Crippen LogP contribution is -2.50. The van der Waals surface area contributed by atoms with Gasteiger partial charge in [0.15, 0.2) is 0 Å². The largest absolute Gasteiger partial charge is 0.491 e. The SMILES string of the molecule is CC(C)S(=O)(=O)N(C)c1cc(C(=O)NC(COc2cccc(-c3nccs3)c2)C(O)CNCc2cccc(C(F)F)c2)cc(NCC2CC2)n1. The van der Waals surface area contributed by atoms with Crippen molar-refractivity contribution in [3.8, 4) is 16.3 Å². The molecule has 1 fully saturated rings. The van der Waals surface area contributed by atoms with Crippen molar-refractivity contribution in [3.05, 3.63) is 88.9 Å². The van der Waals surface area contributed by atoms with Crippen molar-refractivity contribution >= 4 is 38.9 Å². The molecule has 2 aromatic heterocycles. The van der Waals surface area contributed by atoms with E-state index in [2.05, 4.69) is 25.9 Å². The number of rotatable bonds is 18. The Balaban J connectivity index is 1.35. The van der Waals surface area contributed by atoms with Crippen LogP contribution in [0.4, 0.5) is 20.4 Å². The number of amides is 1. The Morgan fingerprint density at radius 3 is 2.60 bits per heavy atom. The van der Waals surface area contributed by atoms with Gasteiger partial charge in [-0.25, -0.2) is 27.2 Å². The Morgan fingerprint density at radius 1 is 1.12 bits per heavy atom. The fraction of sp³-hybridized carbons (Fsp3) is 0.400. The molecule has 2 atom stereocenters. The van der Waals surface area contributed by atoms with Crippen LogP contribution in [-0.4, -0.2) is 73.5 Å². The third kappa shape index (κ3) is 9.96. The molecule has 268 valence electrons. The van der Waals surface area contributed by atoms with E-state index in [1.807, 2.05) is 23.6 Å². The molecule has 2 heterocycles. The predicted octanol–water partition coefficient (Wildman–Crippen LogP) is 5.47. The maximum Gasteiger partial charge on any atom is 0.263 e. The normalized spacial score (nSPS) is 14.4. The minimum absolute atomic E-state index is 0.00245. The maximum atomic E-state index is 13.8. The number of nitrogens with zero attached hydrogens (tertiary/aromatic N) is 3. The van der Waals surface area contributed by atoms with Crippen LogP contribution in [-0.2, 0) is 16.6 Å². The smallest absolute Gasteiger partial charge is 0.263 e. The van der Waals surface area contributed by atoms with E-state index in [1.165, 1.54) is 36.6 Å². The van der Waals surface area contributed by atoms with Crippen molar-refractivity contribution in [1.82, 2.24) is 20.6 Å². The van der Waals surface area contributed by atoms with Gasteiger partial charge in [0.2, 0.25) is 10.0 Å². The van der Waals surface area contributed by atoms with E-state index in [-0.39, 0.29) is 36.6 Å². The highest BCUT2D eigenvalue weighted by Gasteiger charge is 2.28. The highest BCUT2D eigenvalue weighted by Crippen LogP contribution is 2.30. The number of benzene rings is 2. The summed E-state index contributed by atoms with van der Waals surface area (Å²) in [6.45, 7) is 3.85. The maximum absolute atomic E-state index is 13.8. The summed E-state index contributed by atoms with van der Waals surface area (Å²) in [6.07, 6.45) is 0.103. The lowest BCUT2D eigenvalue weighted by Gasteiger charge is -2.26. The van der Waals surface area contributed by atoms with E-state index in [1.54, 1.807) is 44.3 Å². The van der Waals surface area contributed by atoms with Crippen LogP contribution in [0.1, 0.15) is 54.6 Å². The molecule has 1 aliphatic rings. The number of alkyl halides is 2. The number of pyridine rings is 1. The second kappa shape index (κ2) is 16.7. The van der Waals surface area contributed by atoms with Gasteiger partial charge < -0.3 is 25.8 Å². The molecule has 0 saturated heterocycles. The van der Waals surface area contributed by atoms with Gasteiger partial charge in [-0.3, -0.25) is 9.10 Å². The third-order valence-electron chi connectivity index (χ3n) is 8.25. The first-order valence-electron chi connectivity index (χ1n) is 16.3. The molecule has 0 bridgehead atoms. The standard InChI is InChI=1S/C35H42F2N6O5S2/c1-22(2)50(46,47)43(3)32-17-27(16-31(42-32)40-19-23-10-11-23)34(45)41-29(21-48-28-9-5-8-26(15-28)35-39-12-13-49-35)30(44)20-38-18-24-6-4-7-25(14-24)33(36)37/h4-9,12-17,22-23,29-30,33,38,44H,10-11,18-21H2,1-3H3,(H,40,42)(H,41,45). The number of hydrogen-bond acceptors (Lipinski definition) is 10. The quantitative estimate of drug-likeness (QED) is 0.105. The summed E-state index contributed by atoms with van der Waals surface area (Å²) in [6, 6.07) is 15.3. The number of sulfonamides is 1. The molecule has 1 aliphatic carbocycles. The van der Waals surface area contributed by atoms with Gasteiger partial charge in [0.05, 0.1) is 17.4 Å². The Morgan fingerprint density at radius 2 is 1.90 bits per heavy atom. The molecule has 15 heteroatoms. The molecular weight excluding hydrogens is 687 g/mol. The van der Waals surface area contributed by atoms with E-state index in [4.69, 9.17) is 4.74 Å². The molecule has 0 spiro atoms. The van der Waals surface area contributed by atoms with Crippen LogP contribution in [0.25, 0.3) is 10.6 Å². The second-order valence-corrected chi connectivity index (χ2v) is 15.9. The molecule has 0 radical (unpaired) electrons. The van der Waals surface area contributed by atoms with Crippen molar-refractivity contribution in [3.63, 3.8) is 0 Å². The number of hydrogen-bond donors (Lipinski definition) is 4. The van der Waals surface area contributed by atoms with E-state index < -0.39 is 39.8 Å². The van der Waals surface area contributed by atoms with E-state index >= 15 is 0 Å². The van der Waals surface area contributed by atoms with E-state index in [0.717, 1.165) is 27.7 Å². The van der Waals surface area contributed by atoms with Crippen molar-refractivity contribution in [2.45, 2.75) is 57.1 Å². The summed E-state index contributed by atoms with van der Waals surface area (Å²) < 4.78 is 59.6. The molecule has 2 aromatic carbocycles. The van der Waals surface area contributed by atoms with Gasteiger partial charge in [0.1, 0.15) is 29.0 Å². The van der Waals surface area contributed by atoms with Crippen molar-refractivity contribution in [2.75, 3.05) is 36.4 Å². The number of thiazole rings is 1. The zero-order valence-electron chi connectivity index (χ0n) is 28.1. The van der Waals surface area contributed by atoms with Crippen molar-refractivity contribution in [1.29, 1.82) is 0 Å². The Labute approximate surface area is 295 Å². The molecular formula is C35H42F2N6O5S2. The van der Waals surface area contributed by atoms with Crippen molar-refractivity contribution in [2.24, 2.45) is 5.92 Å². The lowest BCUT2D eigenvalue weighted by atomic mass is 10.1. The number of carbonyl (C=O) groups is 1. The van der Waals surface area contributed by atoms with Crippen LogP contribution in [0.2, 0.25) is 0 Å². The van der Waals surface area contributed by atoms with Gasteiger partial charge in [-0.15, -0.1) is 11.3 Å². The van der Waals surface area contributed by atoms with Gasteiger partial charge in [-0.2, -0.15) is 0 Å². The molecule has 11 nitrogen and oxygen atoms in total. The number of aliphatic hydroxyl groups is 1. The summed E-state index contributed by atoms with van der Waals surface area (Å²) in [4.78, 5) is 22.7. The van der Waals surface area contributed by atoms with Gasteiger partial charge in [-0.1, -0.05) is 30.3 Å². The first-order valence-corrected chi connectivity index (χ1v) is 18.7. The highest BCUT2D eigenvalue weighted by molar-refractivity contribution is 7.93. The Hall–Kier alpha value is -4.18. The van der Waals surface area contributed by atoms with E-state index in [0.29, 0.717) is 29.6 Å². The Bertz CT molecular complexity index is 1840. The minimum Gasteiger partial charge on any atom is -0.491 e. The number of nitrogens with one attached hydrogen (secondary N) is 3. The number of halogens is 2. The first kappa shape index (κ1) is 37.1. The summed E-state index contributed by atoms with van der Waals surface area (Å²) in [5.74, 6) is 0.840. The summed E-state index contributed by atoms with van der Waals surface area (Å²) in [7, 11) is -2.35. The van der Waals surface area contributed by atoms with Crippen LogP contribution in [0, 0.1) is 5.92 Å². The minimum atomic E-state index is -3.75. The Kier molecular flexibility index (Phi) is 12.4. The zero-order valence-corrected chi connectivity index (χ0v) is 29.7. The molecule has 4 aromatic rings. The summed E-state index contributed by atoms with van der Waals surface area (Å²) in [5, 5.41) is 22.5. The predicted molar refractivity (Wildman–Crippen MR) is 191 cm³/mol. The third-order valence-corrected chi connectivity index (χ3v) is 11.2. The van der Waals surface area contributed by atoms with Crippen LogP contribution >= 0.6 is 11.3 Å². The second-order valence-electron chi connectivity index (χ2n) is 12.5. The molecule has 5 rings (SSSR count). The van der Waals surface area contributed by atoms with Gasteiger partial charge >= 0.3 is 0 Å². The average Bonchev–Trinajstić information content (AvgIpc) is 3.78. The zero-order chi connectivity index (χ0) is 35.8. The average molecular weight is 729 g/mol. The van der Waals surface area contributed by atoms with Gasteiger partial charge in [0.25, 0.3) is 12.3 Å². The number of carbonyl (C=O) groups excluding carboxylic acids is 1. The number of ether oxygens (including phenoxy) is 1. The van der Waals surface area contributed by atoms with Gasteiger partial charge in [-0.05, 0) is 68.5 Å². The van der Waals surface area contributed by atoms with Crippen LogP contribution < -0.4 is 25.0 Å². The molecule has 0 aliphatic heterocycles. The molecule has 50 heavy (non-hydrogen) atoms. The van der Waals surface area contributed by atoms with Crippen molar-refractivity contribution < 1.29 is 31.8 Å². The topological polar surface area (TPSA) is 146 Å². The lowest BCUT2D eigenvalue weighted by molar-refractivity contribution is 0.0733. The molecule has 2 unspecified atom stereocenters. The number of aromatic nitrogens is 2. The van der Waals surface area contributed by atoms with E-state index in [9.17, 15) is 27.1 Å². The van der Waals surface area contributed by atoms with Crippen LogP contribution in [0.15, 0.2) is 72.2 Å².